The van der Waals surface area contributed by atoms with Crippen molar-refractivity contribution >= 4 is 0 Å². The fourth-order valence-electron chi connectivity index (χ4n) is 0. The first-order valence-electron chi connectivity index (χ1n) is 0. The van der Waals surface area contributed by atoms with Crippen LogP contribution >= 0.6 is 0 Å². The second-order valence-electron chi connectivity index (χ2n) is 0. The van der Waals surface area contributed by atoms with Crippen LogP contribution in [0.5, 0.6) is 0 Å². The van der Waals surface area contributed by atoms with Crippen molar-refractivity contribution in [1.29, 1.82) is 0 Å². The van der Waals surface area contributed by atoms with E-state index in [2.05, 4.69) is 0 Å². The van der Waals surface area contributed by atoms with Gasteiger partial charge in [-0.05, 0) is 0 Å². The van der Waals surface area contributed by atoms with Gasteiger partial charge in [-0.15, -0.1) is 0 Å². The first-order chi connectivity index (χ1) is 0. The molecule has 48 valence electrons. The summed E-state index contributed by atoms with van der Waals surface area (Å²) in [5, 5.41) is 0. The van der Waals surface area contributed by atoms with Crippen molar-refractivity contribution in [2.24, 2.45) is 0 Å². The molecule has 0 rings (SSSR count). The molecule has 0 saturated carbocycles. The SMILES string of the molecule is [F-].[F-].[F-].[F-].[F-].[NH4+].[Zr+4]. The molecule has 0 aliphatic rings. The summed E-state index contributed by atoms with van der Waals surface area (Å²) in [5.41, 5.74) is 0. The van der Waals surface area contributed by atoms with E-state index in [0.717, 1.165) is 0 Å². The van der Waals surface area contributed by atoms with Crippen LogP contribution in [0.15, 0.2) is 0 Å². The van der Waals surface area contributed by atoms with Gasteiger partial charge < -0.3 is 29.7 Å². The minimum atomic E-state index is 0. The summed E-state index contributed by atoms with van der Waals surface area (Å²) in [6.45, 7) is 0. The summed E-state index contributed by atoms with van der Waals surface area (Å²) in [6, 6.07) is 0. The van der Waals surface area contributed by atoms with Crippen molar-refractivity contribution in [2.75, 3.05) is 0 Å². The Morgan fingerprint density at radius 3 is 0.429 bits per heavy atom. The minimum absolute atomic E-state index is 0. The maximum atomic E-state index is 0. The molecular weight excluding hydrogens is 200 g/mol. The van der Waals surface area contributed by atoms with E-state index in [-0.39, 0.29) is 55.9 Å². The van der Waals surface area contributed by atoms with Gasteiger partial charge in [0, 0.05) is 0 Å². The van der Waals surface area contributed by atoms with E-state index in [9.17, 15) is 0 Å². The molecule has 1 nitrogen and oxygen atoms in total. The van der Waals surface area contributed by atoms with Crippen LogP contribution in [0.2, 0.25) is 0 Å². The molecule has 0 heterocycles. The number of rotatable bonds is 0. The van der Waals surface area contributed by atoms with Crippen LogP contribution in [0.4, 0.5) is 0 Å². The Bertz CT molecular complexity index is 8.04. The molecular formula is H4F5NZr. The molecule has 0 atom stereocenters. The molecule has 0 radical (unpaired) electrons. The Balaban J connectivity index is 0. The third-order valence-corrected chi connectivity index (χ3v) is 0. The number of hydrogen-bond acceptors (Lipinski definition) is 0. The van der Waals surface area contributed by atoms with E-state index in [1.165, 1.54) is 0 Å². The minimum Gasteiger partial charge on any atom is -1.00 e. The third-order valence-electron chi connectivity index (χ3n) is 0. The predicted molar refractivity (Wildman–Crippen MR) is 5.98 cm³/mol. The molecule has 0 bridgehead atoms. The van der Waals surface area contributed by atoms with Crippen LogP contribution in [0.1, 0.15) is 0 Å². The molecule has 4 N–H and O–H groups in total. The molecule has 0 spiro atoms. The van der Waals surface area contributed by atoms with E-state index >= 15 is 0 Å². The summed E-state index contributed by atoms with van der Waals surface area (Å²) in [7, 11) is 0. The van der Waals surface area contributed by atoms with Gasteiger partial charge in [-0.1, -0.05) is 0 Å². The van der Waals surface area contributed by atoms with E-state index < -0.39 is 0 Å². The van der Waals surface area contributed by atoms with Gasteiger partial charge in [-0.2, -0.15) is 0 Å². The Hall–Kier alpha value is 0.493. The van der Waals surface area contributed by atoms with Crippen LogP contribution in [0, 0.1) is 0 Å². The van der Waals surface area contributed by atoms with E-state index in [1.807, 2.05) is 0 Å². The van der Waals surface area contributed by atoms with Crippen LogP contribution in [0.3, 0.4) is 0 Å². The fraction of sp³-hybridized carbons (Fsp3) is 0. The first-order valence-corrected chi connectivity index (χ1v) is 0. The van der Waals surface area contributed by atoms with Gasteiger partial charge in [0.2, 0.25) is 0 Å². The molecule has 7 heavy (non-hydrogen) atoms. The van der Waals surface area contributed by atoms with E-state index in [4.69, 9.17) is 0 Å². The second-order valence-corrected chi connectivity index (χ2v) is 0. The molecule has 0 unspecified atom stereocenters. The largest absolute Gasteiger partial charge is 4.00 e. The first kappa shape index (κ1) is 1300. The molecule has 0 aliphatic carbocycles. The van der Waals surface area contributed by atoms with Gasteiger partial charge in [-0.3, -0.25) is 0 Å². The van der Waals surface area contributed by atoms with Crippen LogP contribution in [-0.2, 0) is 26.2 Å². The van der Waals surface area contributed by atoms with Gasteiger partial charge >= 0.3 is 26.2 Å². The van der Waals surface area contributed by atoms with Crippen molar-refractivity contribution in [2.45, 2.75) is 0 Å². The number of halogens is 5. The van der Waals surface area contributed by atoms with Gasteiger partial charge in [0.1, 0.15) is 0 Å². The average Bonchev–Trinajstić information content (AvgIpc) is 0. The molecule has 0 aliphatic heterocycles. The molecule has 7 heteroatoms. The summed E-state index contributed by atoms with van der Waals surface area (Å²) in [4.78, 5) is 0. The van der Waals surface area contributed by atoms with Gasteiger partial charge in [0.25, 0.3) is 0 Å². The summed E-state index contributed by atoms with van der Waals surface area (Å²) in [5.74, 6) is 0. The molecule has 0 amide bonds. The Labute approximate surface area is 56.4 Å². The quantitative estimate of drug-likeness (QED) is 0.381. The molecule has 0 aromatic carbocycles. The molecule has 0 aromatic rings. The van der Waals surface area contributed by atoms with Crippen molar-refractivity contribution in [1.82, 2.24) is 6.15 Å². The third kappa shape index (κ3) is 539. The second kappa shape index (κ2) is 806. The molecule has 0 fully saturated rings. The summed E-state index contributed by atoms with van der Waals surface area (Å²) < 4.78 is 0. The summed E-state index contributed by atoms with van der Waals surface area (Å²) >= 11 is 0. The molecule has 0 saturated heterocycles. The number of hydrogen-bond donors (Lipinski definition) is 1. The monoisotopic (exact) mass is 203 g/mol. The fourth-order valence-corrected chi connectivity index (χ4v) is 0. The summed E-state index contributed by atoms with van der Waals surface area (Å²) in [6.07, 6.45) is 0. The van der Waals surface area contributed by atoms with Gasteiger partial charge in [0.15, 0.2) is 0 Å². The van der Waals surface area contributed by atoms with Crippen LogP contribution in [-0.4, -0.2) is 0 Å². The van der Waals surface area contributed by atoms with Crippen molar-refractivity contribution in [3.63, 3.8) is 0 Å². The zero-order chi connectivity index (χ0) is 0. The van der Waals surface area contributed by atoms with Crippen molar-refractivity contribution in [3.05, 3.63) is 0 Å². The average molecular weight is 204 g/mol. The Morgan fingerprint density at radius 2 is 0.429 bits per heavy atom. The van der Waals surface area contributed by atoms with Gasteiger partial charge in [-0.25, -0.2) is 0 Å². The van der Waals surface area contributed by atoms with Crippen LogP contribution < -0.4 is 29.7 Å². The Morgan fingerprint density at radius 1 is 0.429 bits per heavy atom. The number of quaternary nitrogens is 1. The van der Waals surface area contributed by atoms with Crippen molar-refractivity contribution in [3.8, 4) is 0 Å². The van der Waals surface area contributed by atoms with Crippen LogP contribution in [0.25, 0.3) is 0 Å². The standard InChI is InChI=1S/5FH.H3N.Zr/h5*1H;1H3;/q;;;;;;+4/p-4. The topological polar surface area (TPSA) is 36.5 Å². The Kier molecular flexibility index (Phi) is 150000. The maximum absolute atomic E-state index is 0. The van der Waals surface area contributed by atoms with E-state index in [1.54, 1.807) is 0 Å². The zero-order valence-corrected chi connectivity index (χ0v) is 5.85. The predicted octanol–water partition coefficient (Wildman–Crippen LogP) is -14.6. The zero-order valence-electron chi connectivity index (χ0n) is 3.39. The molecule has 0 aromatic heterocycles. The maximum Gasteiger partial charge on any atom is 4.00 e. The van der Waals surface area contributed by atoms with Crippen molar-refractivity contribution < 1.29 is 49.7 Å². The van der Waals surface area contributed by atoms with Gasteiger partial charge in [0.05, 0.1) is 0 Å². The normalized spacial score (nSPS) is 0. The van der Waals surface area contributed by atoms with E-state index in [0.29, 0.717) is 0 Å². The smallest absolute Gasteiger partial charge is 1.00 e.